The summed E-state index contributed by atoms with van der Waals surface area (Å²) in [6.45, 7) is 5.37. The Morgan fingerprint density at radius 3 is 2.65 bits per heavy atom. The largest absolute Gasteiger partial charge is 0.373 e. The molecule has 1 aliphatic carbocycles. The van der Waals surface area contributed by atoms with E-state index in [1.54, 1.807) is 5.56 Å². The highest BCUT2D eigenvalue weighted by molar-refractivity contribution is 5.55. The highest BCUT2D eigenvalue weighted by atomic mass is 15.2. The number of piperidine rings is 1. The molecule has 2 aromatic rings. The van der Waals surface area contributed by atoms with Crippen molar-refractivity contribution in [1.29, 1.82) is 0 Å². The van der Waals surface area contributed by atoms with Gasteiger partial charge in [-0.1, -0.05) is 38.1 Å². The average Bonchev–Trinajstić information content (AvgIpc) is 2.62. The molecule has 5 rings (SSSR count). The Bertz CT molecular complexity index is 725. The molecule has 0 radical (unpaired) electrons. The van der Waals surface area contributed by atoms with Crippen LogP contribution in [-0.4, -0.2) is 23.6 Å². The van der Waals surface area contributed by atoms with Crippen LogP contribution < -0.4 is 10.2 Å². The van der Waals surface area contributed by atoms with Crippen LogP contribution in [0, 0.1) is 0 Å². The maximum absolute atomic E-state index is 4.87. The van der Waals surface area contributed by atoms with Gasteiger partial charge in [-0.25, -0.2) is 9.97 Å². The van der Waals surface area contributed by atoms with Crippen molar-refractivity contribution in [3.05, 3.63) is 47.3 Å². The lowest BCUT2D eigenvalue weighted by Crippen LogP contribution is -2.43. The summed E-state index contributed by atoms with van der Waals surface area (Å²) in [5, 5.41) is 3.19. The highest BCUT2D eigenvalue weighted by Gasteiger charge is 2.38. The predicted octanol–water partition coefficient (Wildman–Crippen LogP) is 4.08. The minimum Gasteiger partial charge on any atom is -0.373 e. The van der Waals surface area contributed by atoms with Gasteiger partial charge in [-0.05, 0) is 24.0 Å². The fourth-order valence-electron chi connectivity index (χ4n) is 3.97. The lowest BCUT2D eigenvalue weighted by atomic mass is 9.75. The smallest absolute Gasteiger partial charge is 0.135 e. The quantitative estimate of drug-likeness (QED) is 0.927. The molecular formula is C19H24N4. The molecule has 1 fully saturated rings. The van der Waals surface area contributed by atoms with Crippen molar-refractivity contribution in [3.8, 4) is 0 Å². The number of anilines is 2. The van der Waals surface area contributed by atoms with E-state index in [4.69, 9.17) is 4.98 Å². The van der Waals surface area contributed by atoms with Gasteiger partial charge in [0, 0.05) is 31.5 Å². The Hall–Kier alpha value is -2.10. The topological polar surface area (TPSA) is 41.0 Å². The van der Waals surface area contributed by atoms with Crippen molar-refractivity contribution in [3.63, 3.8) is 0 Å². The molecule has 0 saturated carbocycles. The number of benzene rings is 1. The molecule has 0 amide bonds. The second kappa shape index (κ2) is 5.52. The van der Waals surface area contributed by atoms with Crippen LogP contribution in [0.4, 0.5) is 11.6 Å². The van der Waals surface area contributed by atoms with E-state index in [1.807, 2.05) is 7.05 Å². The standard InChI is InChI=1S/C19H24N4/c1-12(2)19-21-17(20-3)10-18(22-19)23-11-13-8-9-16(23)15-7-5-4-6-14(13)15/h4-7,10,12-13,16H,8-9,11H2,1-3H3,(H,20,21,22)/t13-,16+/m1/s1. The fraction of sp³-hybridized carbons (Fsp3) is 0.474. The molecule has 120 valence electrons. The third-order valence-corrected chi connectivity index (χ3v) is 5.17. The molecule has 4 heteroatoms. The lowest BCUT2D eigenvalue weighted by molar-refractivity contribution is 0.386. The van der Waals surface area contributed by atoms with Crippen LogP contribution in [0.1, 0.15) is 61.5 Å². The zero-order valence-corrected chi connectivity index (χ0v) is 14.1. The van der Waals surface area contributed by atoms with Crippen LogP contribution >= 0.6 is 0 Å². The minimum atomic E-state index is 0.330. The number of rotatable bonds is 3. The summed E-state index contributed by atoms with van der Waals surface area (Å²) < 4.78 is 0. The van der Waals surface area contributed by atoms with Crippen molar-refractivity contribution < 1.29 is 0 Å². The maximum Gasteiger partial charge on any atom is 0.135 e. The number of aromatic nitrogens is 2. The van der Waals surface area contributed by atoms with E-state index in [2.05, 4.69) is 59.4 Å². The number of hydrogen-bond acceptors (Lipinski definition) is 4. The van der Waals surface area contributed by atoms with E-state index < -0.39 is 0 Å². The third-order valence-electron chi connectivity index (χ3n) is 5.17. The van der Waals surface area contributed by atoms with E-state index in [9.17, 15) is 0 Å². The summed E-state index contributed by atoms with van der Waals surface area (Å²) in [6.07, 6.45) is 2.51. The Balaban J connectivity index is 1.77. The van der Waals surface area contributed by atoms with Gasteiger partial charge in [0.05, 0.1) is 6.04 Å². The summed E-state index contributed by atoms with van der Waals surface area (Å²) in [7, 11) is 1.92. The molecule has 1 aromatic heterocycles. The Morgan fingerprint density at radius 2 is 1.91 bits per heavy atom. The molecule has 3 heterocycles. The van der Waals surface area contributed by atoms with Crippen LogP contribution in [0.3, 0.4) is 0 Å². The van der Waals surface area contributed by atoms with Crippen LogP contribution in [-0.2, 0) is 0 Å². The zero-order chi connectivity index (χ0) is 16.0. The Morgan fingerprint density at radius 1 is 1.13 bits per heavy atom. The average molecular weight is 308 g/mol. The summed E-state index contributed by atoms with van der Waals surface area (Å²) in [5.74, 6) is 3.86. The highest BCUT2D eigenvalue weighted by Crippen LogP contribution is 2.48. The number of nitrogens with zero attached hydrogens (tertiary/aromatic N) is 3. The molecule has 4 nitrogen and oxygen atoms in total. The first kappa shape index (κ1) is 14.5. The molecule has 1 aromatic carbocycles. The van der Waals surface area contributed by atoms with E-state index in [-0.39, 0.29) is 0 Å². The molecule has 0 spiro atoms. The monoisotopic (exact) mass is 308 g/mol. The maximum atomic E-state index is 4.87. The van der Waals surface area contributed by atoms with Gasteiger partial charge in [-0.15, -0.1) is 0 Å². The van der Waals surface area contributed by atoms with Crippen LogP contribution in [0.25, 0.3) is 0 Å². The predicted molar refractivity (Wildman–Crippen MR) is 94.2 cm³/mol. The van der Waals surface area contributed by atoms with Gasteiger partial charge in [0.1, 0.15) is 17.5 Å². The molecule has 23 heavy (non-hydrogen) atoms. The van der Waals surface area contributed by atoms with Gasteiger partial charge in [-0.3, -0.25) is 0 Å². The second-order valence-corrected chi connectivity index (χ2v) is 6.95. The zero-order valence-electron chi connectivity index (χ0n) is 14.1. The van der Waals surface area contributed by atoms with E-state index in [0.29, 0.717) is 17.9 Å². The second-order valence-electron chi connectivity index (χ2n) is 6.95. The van der Waals surface area contributed by atoms with E-state index in [0.717, 1.165) is 24.0 Å². The minimum absolute atomic E-state index is 0.330. The van der Waals surface area contributed by atoms with Gasteiger partial charge in [0.15, 0.2) is 0 Å². The molecule has 1 saturated heterocycles. The summed E-state index contributed by atoms with van der Waals surface area (Å²) in [6, 6.07) is 11.5. The van der Waals surface area contributed by atoms with E-state index in [1.165, 1.54) is 18.4 Å². The van der Waals surface area contributed by atoms with E-state index >= 15 is 0 Å². The van der Waals surface area contributed by atoms with Crippen LogP contribution in [0.2, 0.25) is 0 Å². The Kier molecular flexibility index (Phi) is 3.47. The van der Waals surface area contributed by atoms with Crippen molar-refractivity contribution >= 4 is 11.6 Å². The van der Waals surface area contributed by atoms with Crippen molar-refractivity contribution in [1.82, 2.24) is 9.97 Å². The van der Waals surface area contributed by atoms with Crippen molar-refractivity contribution in [2.24, 2.45) is 0 Å². The molecule has 2 atom stereocenters. The molecule has 0 unspecified atom stereocenters. The Labute approximate surface area is 138 Å². The number of nitrogens with one attached hydrogen (secondary N) is 1. The fourth-order valence-corrected chi connectivity index (χ4v) is 3.97. The first-order valence-corrected chi connectivity index (χ1v) is 8.59. The normalized spacial score (nSPS) is 22.3. The first-order valence-electron chi connectivity index (χ1n) is 8.59. The number of fused-ring (bicyclic) bond motifs is 2. The van der Waals surface area contributed by atoms with Crippen LogP contribution in [0.5, 0.6) is 0 Å². The summed E-state index contributed by atoms with van der Waals surface area (Å²) >= 11 is 0. The first-order chi connectivity index (χ1) is 11.2. The molecule has 3 aliphatic rings. The molecular weight excluding hydrogens is 284 g/mol. The molecule has 2 aliphatic heterocycles. The lowest BCUT2D eigenvalue weighted by Gasteiger charge is -2.47. The molecule has 1 N–H and O–H groups in total. The molecule has 2 bridgehead atoms. The van der Waals surface area contributed by atoms with Gasteiger partial charge in [0.25, 0.3) is 0 Å². The number of hydrogen-bond donors (Lipinski definition) is 1. The van der Waals surface area contributed by atoms with Crippen molar-refractivity contribution in [2.45, 2.75) is 44.6 Å². The SMILES string of the molecule is CNc1cc(N2C[C@H]3CC[C@H]2c2ccccc23)nc(C(C)C)n1. The third kappa shape index (κ3) is 2.37. The van der Waals surface area contributed by atoms with Gasteiger partial charge < -0.3 is 10.2 Å². The van der Waals surface area contributed by atoms with Crippen LogP contribution in [0.15, 0.2) is 30.3 Å². The van der Waals surface area contributed by atoms with Gasteiger partial charge >= 0.3 is 0 Å². The summed E-state index contributed by atoms with van der Waals surface area (Å²) in [5.41, 5.74) is 3.04. The summed E-state index contributed by atoms with van der Waals surface area (Å²) in [4.78, 5) is 12.0. The van der Waals surface area contributed by atoms with Gasteiger partial charge in [-0.2, -0.15) is 0 Å². The van der Waals surface area contributed by atoms with Crippen molar-refractivity contribution in [2.75, 3.05) is 23.8 Å². The van der Waals surface area contributed by atoms with Gasteiger partial charge in [0.2, 0.25) is 0 Å².